The predicted octanol–water partition coefficient (Wildman–Crippen LogP) is 3.61. The minimum Gasteiger partial charge on any atom is -0.303 e. The lowest BCUT2D eigenvalue weighted by Crippen LogP contribution is -2.35. The third-order valence-corrected chi connectivity index (χ3v) is 3.55. The molecule has 0 aliphatic carbocycles. The molecule has 0 unspecified atom stereocenters. The van der Waals surface area contributed by atoms with Crippen LogP contribution in [0.5, 0.6) is 0 Å². The standard InChI is InChI=1S/C15H17ClN4/c16-13-11-14(19-20-9-5-2-6-10-20)18-15(17-13)12-7-3-1-4-8-12/h1,3-4,7-8,11H,2,5-6,9-10H2,(H,17,18,19). The number of nitrogens with zero attached hydrogens (tertiary/aromatic N) is 3. The number of anilines is 1. The molecular formula is C15H17ClN4. The fourth-order valence-electron chi connectivity index (χ4n) is 2.36. The van der Waals surface area contributed by atoms with E-state index < -0.39 is 0 Å². The topological polar surface area (TPSA) is 41.0 Å². The molecule has 104 valence electrons. The lowest BCUT2D eigenvalue weighted by Gasteiger charge is -2.27. The first kappa shape index (κ1) is 13.3. The van der Waals surface area contributed by atoms with Gasteiger partial charge in [0.25, 0.3) is 0 Å². The van der Waals surface area contributed by atoms with Crippen LogP contribution < -0.4 is 5.43 Å². The van der Waals surface area contributed by atoms with Crippen LogP contribution in [0.3, 0.4) is 0 Å². The number of nitrogens with one attached hydrogen (secondary N) is 1. The Labute approximate surface area is 123 Å². The van der Waals surface area contributed by atoms with E-state index in [0.717, 1.165) is 24.5 Å². The first-order chi connectivity index (χ1) is 9.81. The summed E-state index contributed by atoms with van der Waals surface area (Å²) in [6.07, 6.45) is 3.74. The zero-order chi connectivity index (χ0) is 13.8. The molecule has 1 saturated heterocycles. The molecule has 1 fully saturated rings. The Morgan fingerprint density at radius 2 is 1.75 bits per heavy atom. The highest BCUT2D eigenvalue weighted by Crippen LogP contribution is 2.21. The van der Waals surface area contributed by atoms with Crippen molar-refractivity contribution in [3.8, 4) is 11.4 Å². The molecule has 0 spiro atoms. The summed E-state index contributed by atoms with van der Waals surface area (Å²) in [7, 11) is 0. The Bertz CT molecular complexity index is 567. The van der Waals surface area contributed by atoms with Gasteiger partial charge in [0.15, 0.2) is 5.82 Å². The van der Waals surface area contributed by atoms with Crippen LogP contribution in [0.15, 0.2) is 36.4 Å². The summed E-state index contributed by atoms with van der Waals surface area (Å²) in [5.41, 5.74) is 4.30. The van der Waals surface area contributed by atoms with Crippen LogP contribution >= 0.6 is 11.6 Å². The van der Waals surface area contributed by atoms with Gasteiger partial charge in [-0.05, 0) is 12.8 Å². The van der Waals surface area contributed by atoms with Gasteiger partial charge in [0, 0.05) is 24.7 Å². The Kier molecular flexibility index (Phi) is 4.14. The maximum Gasteiger partial charge on any atom is 0.163 e. The number of piperidine rings is 1. The van der Waals surface area contributed by atoms with Gasteiger partial charge in [0.2, 0.25) is 0 Å². The second-order valence-corrected chi connectivity index (χ2v) is 5.31. The zero-order valence-electron chi connectivity index (χ0n) is 11.2. The van der Waals surface area contributed by atoms with Gasteiger partial charge in [-0.15, -0.1) is 0 Å². The molecule has 0 bridgehead atoms. The number of hydrogen-bond acceptors (Lipinski definition) is 4. The van der Waals surface area contributed by atoms with Crippen LogP contribution in [0.2, 0.25) is 5.15 Å². The quantitative estimate of drug-likeness (QED) is 0.876. The Morgan fingerprint density at radius 3 is 2.50 bits per heavy atom. The average molecular weight is 289 g/mol. The van der Waals surface area contributed by atoms with E-state index in [1.54, 1.807) is 6.07 Å². The van der Waals surface area contributed by atoms with Crippen molar-refractivity contribution >= 4 is 17.4 Å². The molecule has 1 aliphatic rings. The fourth-order valence-corrected chi connectivity index (χ4v) is 2.54. The van der Waals surface area contributed by atoms with Crippen LogP contribution in [0.25, 0.3) is 11.4 Å². The average Bonchev–Trinajstić information content (AvgIpc) is 2.49. The molecule has 0 saturated carbocycles. The lowest BCUT2D eigenvalue weighted by atomic mass is 10.2. The summed E-state index contributed by atoms with van der Waals surface area (Å²) in [6, 6.07) is 11.6. The minimum atomic E-state index is 0.457. The fraction of sp³-hybridized carbons (Fsp3) is 0.333. The largest absolute Gasteiger partial charge is 0.303 e. The molecule has 2 aromatic rings. The number of hydrazine groups is 1. The van der Waals surface area contributed by atoms with Crippen LogP contribution in [-0.2, 0) is 0 Å². The van der Waals surface area contributed by atoms with Gasteiger partial charge in [0.05, 0.1) is 0 Å². The molecule has 1 N–H and O–H groups in total. The zero-order valence-corrected chi connectivity index (χ0v) is 12.0. The molecule has 0 atom stereocenters. The van der Waals surface area contributed by atoms with Crippen molar-refractivity contribution in [2.75, 3.05) is 18.5 Å². The van der Waals surface area contributed by atoms with E-state index >= 15 is 0 Å². The third kappa shape index (κ3) is 3.26. The molecule has 1 aromatic heterocycles. The van der Waals surface area contributed by atoms with Crippen LogP contribution in [0, 0.1) is 0 Å². The van der Waals surface area contributed by atoms with Crippen molar-refractivity contribution in [3.05, 3.63) is 41.6 Å². The van der Waals surface area contributed by atoms with Crippen molar-refractivity contribution in [2.45, 2.75) is 19.3 Å². The molecule has 3 rings (SSSR count). The second kappa shape index (κ2) is 6.20. The van der Waals surface area contributed by atoms with Gasteiger partial charge in [-0.25, -0.2) is 15.0 Å². The highest BCUT2D eigenvalue weighted by Gasteiger charge is 2.12. The first-order valence-electron chi connectivity index (χ1n) is 6.93. The number of benzene rings is 1. The summed E-state index contributed by atoms with van der Waals surface area (Å²) < 4.78 is 0. The third-order valence-electron chi connectivity index (χ3n) is 3.36. The van der Waals surface area contributed by atoms with E-state index in [1.165, 1.54) is 19.3 Å². The summed E-state index contributed by atoms with van der Waals surface area (Å²) in [4.78, 5) is 8.84. The van der Waals surface area contributed by atoms with E-state index in [9.17, 15) is 0 Å². The normalized spacial score (nSPS) is 16.1. The van der Waals surface area contributed by atoms with Gasteiger partial charge in [0.1, 0.15) is 11.0 Å². The maximum atomic E-state index is 6.11. The maximum absolute atomic E-state index is 6.11. The highest BCUT2D eigenvalue weighted by atomic mass is 35.5. The number of halogens is 1. The van der Waals surface area contributed by atoms with E-state index in [2.05, 4.69) is 20.4 Å². The Morgan fingerprint density at radius 1 is 1.00 bits per heavy atom. The van der Waals surface area contributed by atoms with Gasteiger partial charge in [-0.3, -0.25) is 0 Å². The van der Waals surface area contributed by atoms with Gasteiger partial charge in [-0.2, -0.15) is 0 Å². The van der Waals surface area contributed by atoms with Crippen molar-refractivity contribution in [1.82, 2.24) is 15.0 Å². The lowest BCUT2D eigenvalue weighted by molar-refractivity contribution is 0.272. The van der Waals surface area contributed by atoms with E-state index in [1.807, 2.05) is 30.3 Å². The SMILES string of the molecule is Clc1cc(NN2CCCCC2)nc(-c2ccccc2)n1. The van der Waals surface area contributed by atoms with Gasteiger partial charge >= 0.3 is 0 Å². The van der Waals surface area contributed by atoms with Crippen LogP contribution in [0.1, 0.15) is 19.3 Å². The Balaban J connectivity index is 1.83. The highest BCUT2D eigenvalue weighted by molar-refractivity contribution is 6.29. The van der Waals surface area contributed by atoms with E-state index in [-0.39, 0.29) is 0 Å². The molecular weight excluding hydrogens is 272 g/mol. The Hall–Kier alpha value is -1.65. The number of aromatic nitrogens is 2. The van der Waals surface area contributed by atoms with E-state index in [0.29, 0.717) is 11.0 Å². The molecule has 4 nitrogen and oxygen atoms in total. The molecule has 1 aliphatic heterocycles. The second-order valence-electron chi connectivity index (χ2n) is 4.93. The van der Waals surface area contributed by atoms with Crippen LogP contribution in [0.4, 0.5) is 5.82 Å². The van der Waals surface area contributed by atoms with Crippen molar-refractivity contribution < 1.29 is 0 Å². The summed E-state index contributed by atoms with van der Waals surface area (Å²) in [6.45, 7) is 2.09. The molecule has 5 heteroatoms. The monoisotopic (exact) mass is 288 g/mol. The van der Waals surface area contributed by atoms with E-state index in [4.69, 9.17) is 11.6 Å². The van der Waals surface area contributed by atoms with Crippen LogP contribution in [-0.4, -0.2) is 28.1 Å². The summed E-state index contributed by atoms with van der Waals surface area (Å²) in [5.74, 6) is 1.41. The molecule has 0 amide bonds. The van der Waals surface area contributed by atoms with Gasteiger partial charge < -0.3 is 5.43 Å². The van der Waals surface area contributed by atoms with Crippen molar-refractivity contribution in [3.63, 3.8) is 0 Å². The summed E-state index contributed by atoms with van der Waals surface area (Å²) in [5, 5.41) is 2.65. The molecule has 1 aromatic carbocycles. The molecule has 0 radical (unpaired) electrons. The summed E-state index contributed by atoms with van der Waals surface area (Å²) >= 11 is 6.11. The van der Waals surface area contributed by atoms with Crippen molar-refractivity contribution in [1.29, 1.82) is 0 Å². The predicted molar refractivity (Wildman–Crippen MR) is 81.5 cm³/mol. The minimum absolute atomic E-state index is 0.457. The van der Waals surface area contributed by atoms with Gasteiger partial charge in [-0.1, -0.05) is 48.4 Å². The van der Waals surface area contributed by atoms with Crippen molar-refractivity contribution in [2.24, 2.45) is 0 Å². The first-order valence-corrected chi connectivity index (χ1v) is 7.31. The molecule has 20 heavy (non-hydrogen) atoms. The number of rotatable bonds is 3. The molecule has 2 heterocycles. The smallest absolute Gasteiger partial charge is 0.163 e. The number of hydrogen-bond donors (Lipinski definition) is 1.